The zero-order chi connectivity index (χ0) is 14.5. The number of likely N-dealkylation sites (tertiary alicyclic amines) is 1. The van der Waals surface area contributed by atoms with Crippen molar-refractivity contribution in [3.05, 3.63) is 28.5 Å². The molecule has 1 aliphatic rings. The maximum absolute atomic E-state index is 12.2. The number of nitrogens with zero attached hydrogens (tertiary/aromatic N) is 2. The van der Waals surface area contributed by atoms with Crippen molar-refractivity contribution in [1.82, 2.24) is 15.2 Å². The first-order valence-electron chi connectivity index (χ1n) is 7.21. The van der Waals surface area contributed by atoms with Gasteiger partial charge in [0.05, 0.1) is 0 Å². The van der Waals surface area contributed by atoms with Crippen molar-refractivity contribution in [1.29, 1.82) is 0 Å². The van der Waals surface area contributed by atoms with Crippen molar-refractivity contribution < 1.29 is 4.79 Å². The van der Waals surface area contributed by atoms with E-state index in [2.05, 4.69) is 22.2 Å². The number of amides is 1. The molecule has 1 fully saturated rings. The molecule has 2 heterocycles. The highest BCUT2D eigenvalue weighted by Gasteiger charge is 2.18. The standard InChI is InChI=1S/C15H22ClN3O/c1-3-13-7-12(8-14(16)18-13)15(20)17-9-11-5-4-6-19(2)10-11/h7-8,11H,3-6,9-10H2,1-2H3,(H,17,20). The summed E-state index contributed by atoms with van der Waals surface area (Å²) in [4.78, 5) is 18.7. The third-order valence-electron chi connectivity index (χ3n) is 3.74. The summed E-state index contributed by atoms with van der Waals surface area (Å²) in [7, 11) is 2.13. The second kappa shape index (κ2) is 7.04. The molecule has 1 atom stereocenters. The van der Waals surface area contributed by atoms with Crippen LogP contribution in [0.15, 0.2) is 12.1 Å². The second-order valence-corrected chi connectivity index (χ2v) is 5.89. The minimum Gasteiger partial charge on any atom is -0.352 e. The Morgan fingerprint density at radius 2 is 2.35 bits per heavy atom. The van der Waals surface area contributed by atoms with Gasteiger partial charge in [0, 0.05) is 24.3 Å². The summed E-state index contributed by atoms with van der Waals surface area (Å²) in [6.45, 7) is 4.94. The SMILES string of the molecule is CCc1cc(C(=O)NCC2CCCN(C)C2)cc(Cl)n1. The topological polar surface area (TPSA) is 45.2 Å². The van der Waals surface area contributed by atoms with Gasteiger partial charge in [0.1, 0.15) is 5.15 Å². The minimum atomic E-state index is -0.0581. The first kappa shape index (κ1) is 15.3. The number of carbonyl (C=O) groups excluding carboxylic acids is 1. The Labute approximate surface area is 125 Å². The predicted molar refractivity (Wildman–Crippen MR) is 81.2 cm³/mol. The summed E-state index contributed by atoms with van der Waals surface area (Å²) < 4.78 is 0. The van der Waals surface area contributed by atoms with E-state index in [9.17, 15) is 4.79 Å². The first-order valence-corrected chi connectivity index (χ1v) is 7.59. The molecule has 1 aromatic heterocycles. The van der Waals surface area contributed by atoms with Crippen LogP contribution in [0.1, 0.15) is 35.8 Å². The summed E-state index contributed by atoms with van der Waals surface area (Å²) in [6.07, 6.45) is 3.16. The summed E-state index contributed by atoms with van der Waals surface area (Å²) in [5.41, 5.74) is 1.45. The van der Waals surface area contributed by atoms with Gasteiger partial charge in [-0.2, -0.15) is 0 Å². The zero-order valence-electron chi connectivity index (χ0n) is 12.2. The molecule has 1 aromatic rings. The third-order valence-corrected chi connectivity index (χ3v) is 3.94. The molecular weight excluding hydrogens is 274 g/mol. The second-order valence-electron chi connectivity index (χ2n) is 5.50. The van der Waals surface area contributed by atoms with E-state index in [0.717, 1.165) is 31.7 Å². The van der Waals surface area contributed by atoms with Gasteiger partial charge < -0.3 is 10.2 Å². The largest absolute Gasteiger partial charge is 0.352 e. The molecule has 0 aromatic carbocycles. The Morgan fingerprint density at radius 3 is 3.05 bits per heavy atom. The molecule has 5 heteroatoms. The molecule has 1 saturated heterocycles. The Kier molecular flexibility index (Phi) is 5.38. The average Bonchev–Trinajstić information content (AvgIpc) is 2.44. The van der Waals surface area contributed by atoms with Crippen LogP contribution in [0.5, 0.6) is 0 Å². The van der Waals surface area contributed by atoms with E-state index in [-0.39, 0.29) is 5.91 Å². The highest BCUT2D eigenvalue weighted by atomic mass is 35.5. The van der Waals surface area contributed by atoms with E-state index in [0.29, 0.717) is 16.6 Å². The van der Waals surface area contributed by atoms with Gasteiger partial charge in [-0.3, -0.25) is 4.79 Å². The number of aromatic nitrogens is 1. The Balaban J connectivity index is 1.93. The van der Waals surface area contributed by atoms with Crippen molar-refractivity contribution in [2.24, 2.45) is 5.92 Å². The number of piperidine rings is 1. The molecule has 0 radical (unpaired) electrons. The fourth-order valence-corrected chi connectivity index (χ4v) is 2.87. The van der Waals surface area contributed by atoms with Crippen molar-refractivity contribution in [2.45, 2.75) is 26.2 Å². The van der Waals surface area contributed by atoms with Crippen LogP contribution in [0.4, 0.5) is 0 Å². The Hall–Kier alpha value is -1.13. The molecule has 0 aliphatic carbocycles. The first-order chi connectivity index (χ1) is 9.58. The lowest BCUT2D eigenvalue weighted by atomic mass is 9.98. The van der Waals surface area contributed by atoms with Gasteiger partial charge in [0.25, 0.3) is 5.91 Å². The van der Waals surface area contributed by atoms with E-state index in [1.165, 1.54) is 12.8 Å². The van der Waals surface area contributed by atoms with Crippen molar-refractivity contribution >= 4 is 17.5 Å². The third kappa shape index (κ3) is 4.18. The van der Waals surface area contributed by atoms with Crippen LogP contribution in [0.3, 0.4) is 0 Å². The van der Waals surface area contributed by atoms with Crippen molar-refractivity contribution in [2.75, 3.05) is 26.7 Å². The molecule has 0 bridgehead atoms. The van der Waals surface area contributed by atoms with Gasteiger partial charge >= 0.3 is 0 Å². The van der Waals surface area contributed by atoms with Gasteiger partial charge in [0.15, 0.2) is 0 Å². The Morgan fingerprint density at radius 1 is 1.55 bits per heavy atom. The normalized spacial score (nSPS) is 19.9. The maximum Gasteiger partial charge on any atom is 0.251 e. The summed E-state index contributed by atoms with van der Waals surface area (Å²) >= 11 is 5.94. The number of hydrogen-bond donors (Lipinski definition) is 1. The highest BCUT2D eigenvalue weighted by molar-refractivity contribution is 6.29. The quantitative estimate of drug-likeness (QED) is 0.868. The van der Waals surface area contributed by atoms with Crippen molar-refractivity contribution in [3.8, 4) is 0 Å². The van der Waals surface area contributed by atoms with Crippen LogP contribution in [0.25, 0.3) is 0 Å². The number of hydrogen-bond acceptors (Lipinski definition) is 3. The fourth-order valence-electron chi connectivity index (χ4n) is 2.64. The van der Waals surface area contributed by atoms with Gasteiger partial charge in [-0.05, 0) is 50.9 Å². The van der Waals surface area contributed by atoms with Crippen LogP contribution < -0.4 is 5.32 Å². The highest BCUT2D eigenvalue weighted by Crippen LogP contribution is 2.15. The van der Waals surface area contributed by atoms with Crippen molar-refractivity contribution in [3.63, 3.8) is 0 Å². The van der Waals surface area contributed by atoms with Gasteiger partial charge in [-0.25, -0.2) is 4.98 Å². The average molecular weight is 296 g/mol. The van der Waals surface area contributed by atoms with Crippen LogP contribution in [0, 0.1) is 5.92 Å². The van der Waals surface area contributed by atoms with Crippen LogP contribution in [0.2, 0.25) is 5.15 Å². The molecule has 110 valence electrons. The maximum atomic E-state index is 12.2. The van der Waals surface area contributed by atoms with Gasteiger partial charge in [-0.1, -0.05) is 18.5 Å². The smallest absolute Gasteiger partial charge is 0.251 e. The molecule has 1 aliphatic heterocycles. The van der Waals surface area contributed by atoms with Crippen LogP contribution >= 0.6 is 11.6 Å². The molecule has 0 spiro atoms. The van der Waals surface area contributed by atoms with Crippen LogP contribution in [-0.4, -0.2) is 42.5 Å². The summed E-state index contributed by atoms with van der Waals surface area (Å²) in [5, 5.41) is 3.40. The molecule has 1 unspecified atom stereocenters. The van der Waals surface area contributed by atoms with E-state index in [4.69, 9.17) is 11.6 Å². The number of pyridine rings is 1. The molecule has 4 nitrogen and oxygen atoms in total. The van der Waals surface area contributed by atoms with E-state index in [1.807, 2.05) is 13.0 Å². The fraction of sp³-hybridized carbons (Fsp3) is 0.600. The number of nitrogens with one attached hydrogen (secondary N) is 1. The monoisotopic (exact) mass is 295 g/mol. The summed E-state index contributed by atoms with van der Waals surface area (Å²) in [6, 6.07) is 3.44. The molecule has 1 N–H and O–H groups in total. The molecule has 1 amide bonds. The van der Waals surface area contributed by atoms with Crippen LogP contribution in [-0.2, 0) is 6.42 Å². The molecule has 0 saturated carbocycles. The number of rotatable bonds is 4. The Bertz CT molecular complexity index is 478. The number of halogens is 1. The van der Waals surface area contributed by atoms with Gasteiger partial charge in [0.2, 0.25) is 0 Å². The van der Waals surface area contributed by atoms with E-state index >= 15 is 0 Å². The van der Waals surface area contributed by atoms with E-state index < -0.39 is 0 Å². The van der Waals surface area contributed by atoms with Gasteiger partial charge in [-0.15, -0.1) is 0 Å². The molecule has 20 heavy (non-hydrogen) atoms. The lowest BCUT2D eigenvalue weighted by Gasteiger charge is -2.29. The minimum absolute atomic E-state index is 0.0581. The number of carbonyl (C=O) groups is 1. The zero-order valence-corrected chi connectivity index (χ0v) is 12.9. The molecule has 2 rings (SSSR count). The van der Waals surface area contributed by atoms with E-state index in [1.54, 1.807) is 6.07 Å². The lowest BCUT2D eigenvalue weighted by Crippen LogP contribution is -2.39. The lowest BCUT2D eigenvalue weighted by molar-refractivity contribution is 0.0936. The number of aryl methyl sites for hydroxylation is 1. The predicted octanol–water partition coefficient (Wildman–Crippen LogP) is 2.37. The molecular formula is C15H22ClN3O. The summed E-state index contributed by atoms with van der Waals surface area (Å²) in [5.74, 6) is 0.484.